The van der Waals surface area contributed by atoms with Crippen LogP contribution in [0.4, 0.5) is 4.39 Å². The number of benzene rings is 2. The van der Waals surface area contributed by atoms with E-state index in [0.717, 1.165) is 0 Å². The minimum absolute atomic E-state index is 0.0906. The summed E-state index contributed by atoms with van der Waals surface area (Å²) in [6, 6.07) is 11.0. The Labute approximate surface area is 115 Å². The van der Waals surface area contributed by atoms with Crippen LogP contribution in [0.5, 0.6) is 5.75 Å². The van der Waals surface area contributed by atoms with E-state index < -0.39 is 0 Å². The number of carbonyl (C=O) groups excluding carboxylic acids is 1. The lowest BCUT2D eigenvalue weighted by atomic mass is 10.1. The Hall–Kier alpha value is -1.87. The summed E-state index contributed by atoms with van der Waals surface area (Å²) >= 11 is 5.74. The van der Waals surface area contributed by atoms with Crippen LogP contribution in [-0.4, -0.2) is 12.4 Å². The van der Waals surface area contributed by atoms with Crippen LogP contribution in [0.3, 0.4) is 0 Å². The summed E-state index contributed by atoms with van der Waals surface area (Å²) in [6.07, 6.45) is 0. The van der Waals surface area contributed by atoms with E-state index in [1.165, 1.54) is 18.2 Å². The second-order valence-electron chi connectivity index (χ2n) is 4.13. The number of aryl methyl sites for hydroxylation is 1. The summed E-state index contributed by atoms with van der Waals surface area (Å²) in [5.41, 5.74) is 0.880. The van der Waals surface area contributed by atoms with Crippen LogP contribution in [0.15, 0.2) is 42.5 Å². The van der Waals surface area contributed by atoms with Crippen molar-refractivity contribution in [1.82, 2.24) is 0 Å². The molecule has 0 unspecified atom stereocenters. The van der Waals surface area contributed by atoms with Crippen LogP contribution >= 0.6 is 11.6 Å². The van der Waals surface area contributed by atoms with Crippen LogP contribution in [0.1, 0.15) is 15.9 Å². The number of halogens is 2. The molecule has 0 saturated carbocycles. The van der Waals surface area contributed by atoms with Crippen molar-refractivity contribution in [2.75, 3.05) is 6.61 Å². The van der Waals surface area contributed by atoms with Crippen molar-refractivity contribution in [1.29, 1.82) is 0 Å². The average molecular weight is 279 g/mol. The quantitative estimate of drug-likeness (QED) is 0.789. The van der Waals surface area contributed by atoms with Crippen LogP contribution in [-0.2, 0) is 0 Å². The molecule has 0 atom stereocenters. The van der Waals surface area contributed by atoms with Gasteiger partial charge in [-0.25, -0.2) is 4.39 Å². The van der Waals surface area contributed by atoms with Gasteiger partial charge >= 0.3 is 0 Å². The van der Waals surface area contributed by atoms with Gasteiger partial charge in [-0.1, -0.05) is 11.6 Å². The fourth-order valence-corrected chi connectivity index (χ4v) is 1.71. The maximum atomic E-state index is 13.1. The second kappa shape index (κ2) is 5.85. The van der Waals surface area contributed by atoms with Crippen molar-refractivity contribution < 1.29 is 13.9 Å². The molecule has 2 nitrogen and oxygen atoms in total. The molecule has 0 heterocycles. The van der Waals surface area contributed by atoms with Crippen LogP contribution in [0.2, 0.25) is 5.02 Å². The summed E-state index contributed by atoms with van der Waals surface area (Å²) in [6.45, 7) is 1.53. The van der Waals surface area contributed by atoms with Gasteiger partial charge in [-0.05, 0) is 55.0 Å². The zero-order valence-electron chi connectivity index (χ0n) is 10.3. The maximum Gasteiger partial charge on any atom is 0.200 e. The minimum atomic E-state index is -0.324. The summed E-state index contributed by atoms with van der Waals surface area (Å²) in [4.78, 5) is 11.9. The Morgan fingerprint density at radius 3 is 2.53 bits per heavy atom. The Kier molecular flexibility index (Phi) is 4.17. The van der Waals surface area contributed by atoms with Gasteiger partial charge in [0.1, 0.15) is 11.6 Å². The van der Waals surface area contributed by atoms with Crippen molar-refractivity contribution >= 4 is 17.4 Å². The van der Waals surface area contributed by atoms with Gasteiger partial charge < -0.3 is 4.74 Å². The zero-order chi connectivity index (χ0) is 13.8. The highest BCUT2D eigenvalue weighted by Gasteiger charge is 2.08. The maximum absolute atomic E-state index is 13.1. The first-order valence-electron chi connectivity index (χ1n) is 5.74. The van der Waals surface area contributed by atoms with E-state index in [2.05, 4.69) is 0 Å². The van der Waals surface area contributed by atoms with Gasteiger partial charge in [-0.3, -0.25) is 4.79 Å². The average Bonchev–Trinajstić information content (AvgIpc) is 2.41. The Morgan fingerprint density at radius 2 is 1.89 bits per heavy atom. The third-order valence-corrected chi connectivity index (χ3v) is 2.92. The van der Waals surface area contributed by atoms with Gasteiger partial charge in [0.2, 0.25) is 0 Å². The molecule has 0 aromatic heterocycles. The predicted molar refractivity (Wildman–Crippen MR) is 72.4 cm³/mol. The van der Waals surface area contributed by atoms with Gasteiger partial charge in [0.15, 0.2) is 12.4 Å². The van der Waals surface area contributed by atoms with Crippen molar-refractivity contribution in [3.63, 3.8) is 0 Å². The molecule has 0 fully saturated rings. The highest BCUT2D eigenvalue weighted by molar-refractivity contribution is 6.30. The van der Waals surface area contributed by atoms with E-state index >= 15 is 0 Å². The number of Topliss-reactive ketones (excluding diaryl/α,β-unsaturated/α-hetero) is 1. The van der Waals surface area contributed by atoms with Gasteiger partial charge in [-0.2, -0.15) is 0 Å². The van der Waals surface area contributed by atoms with E-state index in [-0.39, 0.29) is 18.2 Å². The standard InChI is InChI=1S/C15H12ClFO2/c1-10-8-11(2-7-14(10)17)15(18)9-19-13-5-3-12(16)4-6-13/h2-8H,9H2,1H3. The molecule has 0 aliphatic rings. The van der Waals surface area contributed by atoms with Gasteiger partial charge in [0.05, 0.1) is 0 Å². The first-order chi connectivity index (χ1) is 9.06. The van der Waals surface area contributed by atoms with Crippen LogP contribution in [0.25, 0.3) is 0 Å². The van der Waals surface area contributed by atoms with Crippen molar-refractivity contribution in [2.24, 2.45) is 0 Å². The molecule has 19 heavy (non-hydrogen) atoms. The molecular weight excluding hydrogens is 267 g/mol. The number of ether oxygens (including phenoxy) is 1. The Balaban J connectivity index is 2.01. The molecule has 0 aliphatic heterocycles. The molecule has 98 valence electrons. The molecule has 0 saturated heterocycles. The Bertz CT molecular complexity index is 594. The number of hydrogen-bond donors (Lipinski definition) is 0. The molecule has 4 heteroatoms. The second-order valence-corrected chi connectivity index (χ2v) is 4.57. The molecule has 0 radical (unpaired) electrons. The highest BCUT2D eigenvalue weighted by Crippen LogP contribution is 2.16. The summed E-state index contributed by atoms with van der Waals surface area (Å²) < 4.78 is 18.4. The van der Waals surface area contributed by atoms with E-state index in [0.29, 0.717) is 21.9 Å². The monoisotopic (exact) mass is 278 g/mol. The van der Waals surface area contributed by atoms with E-state index in [1.54, 1.807) is 31.2 Å². The molecule has 2 aromatic carbocycles. The van der Waals surface area contributed by atoms with E-state index in [1.807, 2.05) is 0 Å². The highest BCUT2D eigenvalue weighted by atomic mass is 35.5. The van der Waals surface area contributed by atoms with Gasteiger partial charge in [0, 0.05) is 10.6 Å². The fraction of sp³-hybridized carbons (Fsp3) is 0.133. The molecular formula is C15H12ClFO2. The predicted octanol–water partition coefficient (Wildman–Crippen LogP) is 4.05. The number of rotatable bonds is 4. The van der Waals surface area contributed by atoms with Gasteiger partial charge in [-0.15, -0.1) is 0 Å². The lowest BCUT2D eigenvalue weighted by Gasteiger charge is -2.06. The largest absolute Gasteiger partial charge is 0.485 e. The van der Waals surface area contributed by atoms with Crippen LogP contribution in [0, 0.1) is 12.7 Å². The first-order valence-corrected chi connectivity index (χ1v) is 6.12. The minimum Gasteiger partial charge on any atom is -0.485 e. The summed E-state index contributed by atoms with van der Waals surface area (Å²) in [5, 5.41) is 0.604. The molecule has 0 bridgehead atoms. The van der Waals surface area contributed by atoms with Crippen molar-refractivity contribution in [2.45, 2.75) is 6.92 Å². The van der Waals surface area contributed by atoms with Crippen LogP contribution < -0.4 is 4.74 Å². The lowest BCUT2D eigenvalue weighted by molar-refractivity contribution is 0.0921. The molecule has 2 aromatic rings. The molecule has 0 N–H and O–H groups in total. The zero-order valence-corrected chi connectivity index (χ0v) is 11.1. The fourth-order valence-electron chi connectivity index (χ4n) is 1.58. The first kappa shape index (κ1) is 13.6. The third kappa shape index (κ3) is 3.55. The lowest BCUT2D eigenvalue weighted by Crippen LogP contribution is -2.11. The normalized spacial score (nSPS) is 10.3. The molecule has 0 amide bonds. The SMILES string of the molecule is Cc1cc(C(=O)COc2ccc(Cl)cc2)ccc1F. The molecule has 0 aliphatic carbocycles. The Morgan fingerprint density at radius 1 is 1.21 bits per heavy atom. The topological polar surface area (TPSA) is 26.3 Å². The van der Waals surface area contributed by atoms with Gasteiger partial charge in [0.25, 0.3) is 0 Å². The summed E-state index contributed by atoms with van der Waals surface area (Å²) in [5.74, 6) is 0.0461. The number of hydrogen-bond acceptors (Lipinski definition) is 2. The molecule has 2 rings (SSSR count). The smallest absolute Gasteiger partial charge is 0.200 e. The van der Waals surface area contributed by atoms with Crippen molar-refractivity contribution in [3.05, 3.63) is 64.4 Å². The molecule has 0 spiro atoms. The number of carbonyl (C=O) groups is 1. The van der Waals surface area contributed by atoms with E-state index in [4.69, 9.17) is 16.3 Å². The summed E-state index contributed by atoms with van der Waals surface area (Å²) in [7, 11) is 0. The van der Waals surface area contributed by atoms with E-state index in [9.17, 15) is 9.18 Å². The number of ketones is 1. The third-order valence-electron chi connectivity index (χ3n) is 2.66. The van der Waals surface area contributed by atoms with Crippen molar-refractivity contribution in [3.8, 4) is 5.75 Å².